The molecule has 1 atom stereocenters. The number of aliphatic imine (C=N–C) groups is 2. The summed E-state index contributed by atoms with van der Waals surface area (Å²) in [5.41, 5.74) is 18.7. The van der Waals surface area contributed by atoms with Gasteiger partial charge in [0, 0.05) is 44.7 Å². The first-order valence-electron chi connectivity index (χ1n) is 18.9. The summed E-state index contributed by atoms with van der Waals surface area (Å²) in [6, 6.07) is 70.1. The van der Waals surface area contributed by atoms with Gasteiger partial charge in [-0.05, 0) is 82.9 Å². The minimum atomic E-state index is -0.510. The first-order chi connectivity index (χ1) is 27.7. The van der Waals surface area contributed by atoms with Gasteiger partial charge in [0.25, 0.3) is 0 Å². The molecular weight excluding hydrogens is 683 g/mol. The minimum Gasteiger partial charge on any atom is -0.383 e. The number of para-hydroxylation sites is 3. The molecule has 0 aliphatic heterocycles. The number of aromatic nitrogens is 2. The van der Waals surface area contributed by atoms with Crippen LogP contribution in [-0.4, -0.2) is 21.2 Å². The Morgan fingerprint density at radius 2 is 0.911 bits per heavy atom. The lowest BCUT2D eigenvalue weighted by Crippen LogP contribution is -2.15. The van der Waals surface area contributed by atoms with Crippen molar-refractivity contribution in [3.63, 3.8) is 0 Å². The van der Waals surface area contributed by atoms with E-state index >= 15 is 0 Å². The van der Waals surface area contributed by atoms with Crippen LogP contribution in [0.2, 0.25) is 0 Å². The number of nitrogens with two attached hydrogens (primary N) is 1. The number of rotatable bonds is 8. The molecular formula is C51H37N5. The van der Waals surface area contributed by atoms with E-state index in [0.29, 0.717) is 5.84 Å². The molecule has 0 saturated carbocycles. The lowest BCUT2D eigenvalue weighted by Gasteiger charge is -2.13. The van der Waals surface area contributed by atoms with Gasteiger partial charge in [-0.3, -0.25) is 4.99 Å². The molecule has 2 aromatic heterocycles. The van der Waals surface area contributed by atoms with Gasteiger partial charge >= 0.3 is 0 Å². The van der Waals surface area contributed by atoms with E-state index in [9.17, 15) is 0 Å². The Kier molecular flexibility index (Phi) is 8.30. The first kappa shape index (κ1) is 33.1. The molecule has 10 rings (SSSR count). The van der Waals surface area contributed by atoms with Crippen LogP contribution in [0.3, 0.4) is 0 Å². The fourth-order valence-corrected chi connectivity index (χ4v) is 7.94. The van der Waals surface area contributed by atoms with Gasteiger partial charge in [-0.1, -0.05) is 140 Å². The molecule has 5 nitrogen and oxygen atoms in total. The van der Waals surface area contributed by atoms with Crippen molar-refractivity contribution in [2.24, 2.45) is 15.7 Å². The summed E-state index contributed by atoms with van der Waals surface area (Å²) in [6.07, 6.45) is 1.36. The third-order valence-corrected chi connectivity index (χ3v) is 10.6. The molecule has 266 valence electrons. The molecule has 8 aromatic carbocycles. The molecule has 10 aromatic rings. The van der Waals surface area contributed by atoms with Crippen molar-refractivity contribution in [1.82, 2.24) is 9.13 Å². The van der Waals surface area contributed by atoms with Crippen molar-refractivity contribution >= 4 is 55.7 Å². The quantitative estimate of drug-likeness (QED) is 0.123. The second-order valence-electron chi connectivity index (χ2n) is 14.0. The largest absolute Gasteiger partial charge is 0.383 e. The van der Waals surface area contributed by atoms with Crippen LogP contribution in [0.5, 0.6) is 0 Å². The highest BCUT2D eigenvalue weighted by atomic mass is 15.0. The molecule has 0 spiro atoms. The zero-order valence-electron chi connectivity index (χ0n) is 30.6. The van der Waals surface area contributed by atoms with Crippen LogP contribution in [0.4, 0.5) is 0 Å². The highest BCUT2D eigenvalue weighted by Crippen LogP contribution is 2.38. The van der Waals surface area contributed by atoms with Crippen LogP contribution >= 0.6 is 0 Å². The summed E-state index contributed by atoms with van der Waals surface area (Å²) in [7, 11) is 0. The molecule has 0 bridgehead atoms. The van der Waals surface area contributed by atoms with Crippen molar-refractivity contribution in [2.75, 3.05) is 0 Å². The lowest BCUT2D eigenvalue weighted by molar-refractivity contribution is 0.781. The number of hydrogen-bond acceptors (Lipinski definition) is 2. The van der Waals surface area contributed by atoms with E-state index in [1.165, 1.54) is 43.7 Å². The average molecular weight is 720 g/mol. The fraction of sp³-hybridized carbons (Fsp3) is 0.0196. The number of hydrogen-bond donors (Lipinski definition) is 1. The van der Waals surface area contributed by atoms with Gasteiger partial charge in [-0.15, -0.1) is 0 Å². The third kappa shape index (κ3) is 5.92. The van der Waals surface area contributed by atoms with E-state index < -0.39 is 6.17 Å². The van der Waals surface area contributed by atoms with Crippen LogP contribution in [0.25, 0.3) is 66.1 Å². The number of benzene rings is 8. The van der Waals surface area contributed by atoms with Crippen LogP contribution < -0.4 is 5.73 Å². The smallest absolute Gasteiger partial charge is 0.167 e. The molecule has 1 unspecified atom stereocenters. The molecule has 2 N–H and O–H groups in total. The number of nitrogens with zero attached hydrogens (tertiary/aromatic N) is 4. The summed E-state index contributed by atoms with van der Waals surface area (Å²) >= 11 is 0. The Bertz CT molecular complexity index is 3070. The Morgan fingerprint density at radius 1 is 0.446 bits per heavy atom. The van der Waals surface area contributed by atoms with E-state index in [-0.39, 0.29) is 0 Å². The predicted molar refractivity (Wildman–Crippen MR) is 234 cm³/mol. The zero-order valence-corrected chi connectivity index (χ0v) is 30.6. The zero-order chi connectivity index (χ0) is 37.4. The predicted octanol–water partition coefficient (Wildman–Crippen LogP) is 12.1. The van der Waals surface area contributed by atoms with Gasteiger partial charge in [0.2, 0.25) is 0 Å². The maximum absolute atomic E-state index is 6.54. The topological polar surface area (TPSA) is 60.6 Å². The fourth-order valence-electron chi connectivity index (χ4n) is 7.94. The summed E-state index contributed by atoms with van der Waals surface area (Å²) < 4.78 is 4.71. The van der Waals surface area contributed by atoms with Crippen LogP contribution in [0.1, 0.15) is 22.9 Å². The molecule has 0 amide bonds. The van der Waals surface area contributed by atoms with Crippen LogP contribution in [-0.2, 0) is 0 Å². The molecule has 0 radical (unpaired) electrons. The van der Waals surface area contributed by atoms with Crippen molar-refractivity contribution in [2.45, 2.75) is 6.17 Å². The van der Waals surface area contributed by atoms with Crippen molar-refractivity contribution < 1.29 is 0 Å². The van der Waals surface area contributed by atoms with E-state index in [0.717, 1.165) is 39.1 Å². The second kappa shape index (κ2) is 14.0. The Morgan fingerprint density at radius 3 is 1.48 bits per heavy atom. The van der Waals surface area contributed by atoms with Gasteiger partial charge in [0.1, 0.15) is 5.84 Å². The molecule has 0 aliphatic rings. The number of amidine groups is 1. The highest BCUT2D eigenvalue weighted by Gasteiger charge is 2.17. The SMILES string of the molecule is N/C(=N\C(/N=C/c1ccccc1)c1ccc(-n2c3ccccc3c3cc(-c4ccc5c(c4)c4ccccc4n5-c4ccccc4)ccc32)cc1)c1ccccc1. The monoisotopic (exact) mass is 719 g/mol. The Labute approximate surface area is 325 Å². The molecule has 0 aliphatic carbocycles. The summed E-state index contributed by atoms with van der Waals surface area (Å²) in [5, 5.41) is 4.90. The molecule has 2 heterocycles. The van der Waals surface area contributed by atoms with Gasteiger partial charge in [-0.2, -0.15) is 0 Å². The standard InChI is InChI=1S/C51H37N5/c52-50(36-16-6-2-7-17-36)54-51(53-34-35-14-4-1-5-15-35)37-24-28-41(29-25-37)56-47-23-13-11-21-43(47)45-33-39(27-31-49(45)56)38-26-30-48-44(32-38)42-20-10-12-22-46(42)55(48)40-18-8-3-9-19-40/h1-34,51H,(H2,52,54)/b53-34+. The minimum absolute atomic E-state index is 0.448. The van der Waals surface area contributed by atoms with Gasteiger partial charge < -0.3 is 14.9 Å². The Balaban J connectivity index is 1.05. The Hall–Kier alpha value is -7.50. The van der Waals surface area contributed by atoms with Crippen LogP contribution in [0.15, 0.2) is 210 Å². The van der Waals surface area contributed by atoms with Crippen molar-refractivity contribution in [1.29, 1.82) is 0 Å². The summed E-state index contributed by atoms with van der Waals surface area (Å²) in [5.74, 6) is 0.448. The van der Waals surface area contributed by atoms with Crippen molar-refractivity contribution in [3.8, 4) is 22.5 Å². The summed E-state index contributed by atoms with van der Waals surface area (Å²) in [6.45, 7) is 0. The van der Waals surface area contributed by atoms with Crippen molar-refractivity contribution in [3.05, 3.63) is 217 Å². The van der Waals surface area contributed by atoms with Crippen LogP contribution in [0, 0.1) is 0 Å². The maximum atomic E-state index is 6.54. The average Bonchev–Trinajstić information content (AvgIpc) is 3.78. The number of fused-ring (bicyclic) bond motifs is 6. The van der Waals surface area contributed by atoms with Gasteiger partial charge in [-0.25, -0.2) is 4.99 Å². The molecule has 56 heavy (non-hydrogen) atoms. The van der Waals surface area contributed by atoms with E-state index in [4.69, 9.17) is 15.7 Å². The van der Waals surface area contributed by atoms with E-state index in [2.05, 4.69) is 149 Å². The van der Waals surface area contributed by atoms with E-state index in [1.54, 1.807) is 0 Å². The van der Waals surface area contributed by atoms with Gasteiger partial charge in [0.15, 0.2) is 6.17 Å². The lowest BCUT2D eigenvalue weighted by atomic mass is 10.0. The maximum Gasteiger partial charge on any atom is 0.167 e. The third-order valence-electron chi connectivity index (χ3n) is 10.6. The van der Waals surface area contributed by atoms with E-state index in [1.807, 2.05) is 66.9 Å². The second-order valence-corrected chi connectivity index (χ2v) is 14.0. The molecule has 5 heteroatoms. The molecule has 0 fully saturated rings. The molecule has 0 saturated heterocycles. The first-order valence-corrected chi connectivity index (χ1v) is 18.9. The van der Waals surface area contributed by atoms with Gasteiger partial charge in [0.05, 0.1) is 22.1 Å². The highest BCUT2D eigenvalue weighted by molar-refractivity contribution is 6.12. The summed E-state index contributed by atoms with van der Waals surface area (Å²) in [4.78, 5) is 9.82. The normalized spacial score (nSPS) is 12.7.